The molecule has 0 amide bonds. The highest BCUT2D eigenvalue weighted by Crippen LogP contribution is 2.26. The molecule has 2 saturated heterocycles. The highest BCUT2D eigenvalue weighted by Gasteiger charge is 2.23. The lowest BCUT2D eigenvalue weighted by atomic mass is 9.95. The second-order valence-electron chi connectivity index (χ2n) is 7.20. The van der Waals surface area contributed by atoms with Crippen LogP contribution in [0, 0.1) is 19.8 Å². The van der Waals surface area contributed by atoms with Crippen molar-refractivity contribution < 1.29 is 9.84 Å². The van der Waals surface area contributed by atoms with Crippen molar-refractivity contribution in [2.45, 2.75) is 33.2 Å². The number of morpholine rings is 1. The SMILES string of the molecule is Cc1cc(O)c(CN2CCC(CN3CCOCC3)CC2)cc1C. The minimum Gasteiger partial charge on any atom is -0.508 e. The van der Waals surface area contributed by atoms with E-state index in [4.69, 9.17) is 4.74 Å². The number of aromatic hydroxyl groups is 1. The zero-order valence-electron chi connectivity index (χ0n) is 14.6. The molecule has 1 aromatic rings. The largest absolute Gasteiger partial charge is 0.508 e. The molecule has 3 rings (SSSR count). The van der Waals surface area contributed by atoms with Crippen LogP contribution < -0.4 is 0 Å². The maximum Gasteiger partial charge on any atom is 0.120 e. The molecule has 0 atom stereocenters. The van der Waals surface area contributed by atoms with Crippen LogP contribution in [-0.4, -0.2) is 60.8 Å². The van der Waals surface area contributed by atoms with Crippen LogP contribution >= 0.6 is 0 Å². The molecule has 2 fully saturated rings. The molecule has 0 unspecified atom stereocenters. The molecule has 4 heteroatoms. The Morgan fingerprint density at radius 3 is 2.35 bits per heavy atom. The van der Waals surface area contributed by atoms with Crippen LogP contribution in [0.5, 0.6) is 5.75 Å². The first kappa shape index (κ1) is 16.7. The lowest BCUT2D eigenvalue weighted by molar-refractivity contribution is 0.0242. The Kier molecular flexibility index (Phi) is 5.57. The van der Waals surface area contributed by atoms with Gasteiger partial charge in [0.05, 0.1) is 13.2 Å². The molecule has 1 N–H and O–H groups in total. The Hall–Kier alpha value is -1.10. The highest BCUT2D eigenvalue weighted by molar-refractivity contribution is 5.40. The maximum absolute atomic E-state index is 10.2. The monoisotopic (exact) mass is 318 g/mol. The van der Waals surface area contributed by atoms with E-state index < -0.39 is 0 Å². The van der Waals surface area contributed by atoms with Gasteiger partial charge in [-0.2, -0.15) is 0 Å². The molecular weight excluding hydrogens is 288 g/mol. The lowest BCUT2D eigenvalue weighted by Crippen LogP contribution is -2.42. The van der Waals surface area contributed by atoms with Gasteiger partial charge in [0.15, 0.2) is 0 Å². The first-order chi connectivity index (χ1) is 11.1. The first-order valence-corrected chi connectivity index (χ1v) is 8.93. The number of hydrogen-bond acceptors (Lipinski definition) is 4. The number of hydrogen-bond donors (Lipinski definition) is 1. The second kappa shape index (κ2) is 7.65. The molecule has 0 spiro atoms. The van der Waals surface area contributed by atoms with Gasteiger partial charge in [-0.1, -0.05) is 6.07 Å². The summed E-state index contributed by atoms with van der Waals surface area (Å²) in [5.41, 5.74) is 3.50. The average Bonchev–Trinajstić information content (AvgIpc) is 2.55. The second-order valence-corrected chi connectivity index (χ2v) is 7.20. The average molecular weight is 318 g/mol. The van der Waals surface area contributed by atoms with E-state index in [-0.39, 0.29) is 0 Å². The predicted octanol–water partition coefficient (Wildman–Crippen LogP) is 2.55. The van der Waals surface area contributed by atoms with Crippen molar-refractivity contribution in [2.24, 2.45) is 5.92 Å². The van der Waals surface area contributed by atoms with Gasteiger partial charge in [0.2, 0.25) is 0 Å². The Labute approximate surface area is 140 Å². The quantitative estimate of drug-likeness (QED) is 0.925. The number of phenols is 1. The van der Waals surface area contributed by atoms with Crippen LogP contribution in [0.1, 0.15) is 29.5 Å². The third kappa shape index (κ3) is 4.46. The van der Waals surface area contributed by atoms with Crippen LogP contribution in [-0.2, 0) is 11.3 Å². The molecule has 1 aromatic carbocycles. The van der Waals surface area contributed by atoms with Crippen molar-refractivity contribution in [2.75, 3.05) is 45.9 Å². The van der Waals surface area contributed by atoms with E-state index in [9.17, 15) is 5.11 Å². The van der Waals surface area contributed by atoms with Gasteiger partial charge < -0.3 is 9.84 Å². The summed E-state index contributed by atoms with van der Waals surface area (Å²) in [6, 6.07) is 4.04. The van der Waals surface area contributed by atoms with Crippen LogP contribution in [0.3, 0.4) is 0 Å². The van der Waals surface area contributed by atoms with E-state index in [0.29, 0.717) is 5.75 Å². The molecule has 0 aliphatic carbocycles. The molecule has 0 saturated carbocycles. The van der Waals surface area contributed by atoms with Crippen LogP contribution in [0.4, 0.5) is 0 Å². The van der Waals surface area contributed by atoms with Crippen molar-refractivity contribution >= 4 is 0 Å². The third-order valence-electron chi connectivity index (χ3n) is 5.42. The summed E-state index contributed by atoms with van der Waals surface area (Å²) in [6.45, 7) is 12.5. The van der Waals surface area contributed by atoms with Gasteiger partial charge in [-0.05, 0) is 62.9 Å². The summed E-state index contributed by atoms with van der Waals surface area (Å²) >= 11 is 0. The fourth-order valence-corrected chi connectivity index (χ4v) is 3.70. The Morgan fingerprint density at radius 2 is 1.65 bits per heavy atom. The van der Waals surface area contributed by atoms with E-state index in [0.717, 1.165) is 63.0 Å². The summed E-state index contributed by atoms with van der Waals surface area (Å²) in [5.74, 6) is 1.27. The summed E-state index contributed by atoms with van der Waals surface area (Å²) in [7, 11) is 0. The van der Waals surface area contributed by atoms with Gasteiger partial charge >= 0.3 is 0 Å². The maximum atomic E-state index is 10.2. The van der Waals surface area contributed by atoms with E-state index in [1.54, 1.807) is 0 Å². The molecule has 128 valence electrons. The van der Waals surface area contributed by atoms with Crippen molar-refractivity contribution in [3.63, 3.8) is 0 Å². The molecular formula is C19H30N2O2. The Balaban J connectivity index is 1.48. The fourth-order valence-electron chi connectivity index (χ4n) is 3.70. The van der Waals surface area contributed by atoms with Crippen LogP contribution in [0.25, 0.3) is 0 Å². The molecule has 2 aliphatic heterocycles. The molecule has 2 heterocycles. The summed E-state index contributed by atoms with van der Waals surface area (Å²) < 4.78 is 5.43. The zero-order valence-corrected chi connectivity index (χ0v) is 14.6. The molecule has 0 bridgehead atoms. The lowest BCUT2D eigenvalue weighted by Gasteiger charge is -2.36. The number of ether oxygens (including phenoxy) is 1. The fraction of sp³-hybridized carbons (Fsp3) is 0.684. The van der Waals surface area contributed by atoms with Gasteiger partial charge in [-0.15, -0.1) is 0 Å². The molecule has 2 aliphatic rings. The first-order valence-electron chi connectivity index (χ1n) is 8.93. The van der Waals surface area contributed by atoms with E-state index in [2.05, 4.69) is 29.7 Å². The van der Waals surface area contributed by atoms with Crippen molar-refractivity contribution in [1.29, 1.82) is 0 Å². The Bertz CT molecular complexity index is 518. The summed E-state index contributed by atoms with van der Waals surface area (Å²) in [5, 5.41) is 10.2. The van der Waals surface area contributed by atoms with Crippen molar-refractivity contribution in [3.8, 4) is 5.75 Å². The van der Waals surface area contributed by atoms with Gasteiger partial charge in [0.25, 0.3) is 0 Å². The number of likely N-dealkylation sites (tertiary alicyclic amines) is 1. The molecule has 23 heavy (non-hydrogen) atoms. The standard InChI is InChI=1S/C19H30N2O2/c1-15-11-18(19(22)12-16(15)2)14-20-5-3-17(4-6-20)13-21-7-9-23-10-8-21/h11-12,17,22H,3-10,13-14H2,1-2H3. The summed E-state index contributed by atoms with van der Waals surface area (Å²) in [4.78, 5) is 5.04. The van der Waals surface area contributed by atoms with Gasteiger partial charge in [0.1, 0.15) is 5.75 Å². The number of aryl methyl sites for hydroxylation is 2. The number of nitrogens with zero attached hydrogens (tertiary/aromatic N) is 2. The van der Waals surface area contributed by atoms with Gasteiger partial charge in [-0.3, -0.25) is 9.80 Å². The number of piperidine rings is 1. The number of benzene rings is 1. The summed E-state index contributed by atoms with van der Waals surface area (Å²) in [6.07, 6.45) is 2.53. The van der Waals surface area contributed by atoms with Crippen molar-refractivity contribution in [1.82, 2.24) is 9.80 Å². The smallest absolute Gasteiger partial charge is 0.120 e. The topological polar surface area (TPSA) is 35.9 Å². The molecule has 0 aromatic heterocycles. The molecule has 4 nitrogen and oxygen atoms in total. The normalized spacial score (nSPS) is 21.7. The van der Waals surface area contributed by atoms with Gasteiger partial charge in [0, 0.05) is 31.7 Å². The van der Waals surface area contributed by atoms with Crippen LogP contribution in [0.2, 0.25) is 0 Å². The minimum absolute atomic E-state index is 0.448. The van der Waals surface area contributed by atoms with Gasteiger partial charge in [-0.25, -0.2) is 0 Å². The van der Waals surface area contributed by atoms with Crippen LogP contribution in [0.15, 0.2) is 12.1 Å². The number of phenolic OH excluding ortho intramolecular Hbond substituents is 1. The Morgan fingerprint density at radius 1 is 1.00 bits per heavy atom. The zero-order chi connectivity index (χ0) is 16.2. The predicted molar refractivity (Wildman–Crippen MR) is 92.8 cm³/mol. The minimum atomic E-state index is 0.448. The molecule has 0 radical (unpaired) electrons. The number of rotatable bonds is 4. The van der Waals surface area contributed by atoms with E-state index in [1.165, 1.54) is 24.9 Å². The highest BCUT2D eigenvalue weighted by atomic mass is 16.5. The van der Waals surface area contributed by atoms with E-state index >= 15 is 0 Å². The van der Waals surface area contributed by atoms with E-state index in [1.807, 2.05) is 6.07 Å². The van der Waals surface area contributed by atoms with Crippen molar-refractivity contribution in [3.05, 3.63) is 28.8 Å². The third-order valence-corrected chi connectivity index (χ3v) is 5.42.